The van der Waals surface area contributed by atoms with E-state index >= 15 is 0 Å². The molecule has 1 heterocycles. The Labute approximate surface area is 216 Å². The number of aromatic nitrogens is 1. The molecule has 0 aliphatic carbocycles. The summed E-state index contributed by atoms with van der Waals surface area (Å²) in [7, 11) is 1.72. The van der Waals surface area contributed by atoms with E-state index in [0.29, 0.717) is 24.7 Å². The zero-order chi connectivity index (χ0) is 26.3. The predicted octanol–water partition coefficient (Wildman–Crippen LogP) is 6.39. The fraction of sp³-hybridized carbons (Fsp3) is 0.500. The molecule has 0 saturated carbocycles. The minimum Gasteiger partial charge on any atom is -0.507 e. The molecule has 6 heteroatoms. The summed E-state index contributed by atoms with van der Waals surface area (Å²) in [4.78, 5) is 4.71. The highest BCUT2D eigenvalue weighted by Crippen LogP contribution is 2.41. The zero-order valence-corrected chi connectivity index (χ0v) is 22.9. The quantitative estimate of drug-likeness (QED) is 0.301. The Morgan fingerprint density at radius 3 is 2.17 bits per heavy atom. The van der Waals surface area contributed by atoms with Gasteiger partial charge in [-0.3, -0.25) is 0 Å². The average Bonchev–Trinajstić information content (AvgIpc) is 3.27. The SMILES string of the molecule is COCCCNCc1ccc(OCCc2coc(-c3cc(C(C)(C)C)c(O)c(C(C)(C)C)c3)n2)cc1. The van der Waals surface area contributed by atoms with E-state index in [0.717, 1.165) is 54.3 Å². The van der Waals surface area contributed by atoms with Crippen molar-refractivity contribution < 1.29 is 19.0 Å². The number of oxazole rings is 1. The predicted molar refractivity (Wildman–Crippen MR) is 145 cm³/mol. The molecule has 36 heavy (non-hydrogen) atoms. The van der Waals surface area contributed by atoms with Gasteiger partial charge in [0.1, 0.15) is 17.8 Å². The van der Waals surface area contributed by atoms with Crippen LogP contribution in [0, 0.1) is 0 Å². The number of nitrogens with zero attached hydrogens (tertiary/aromatic N) is 1. The number of benzene rings is 2. The third-order valence-corrected chi connectivity index (χ3v) is 6.11. The molecule has 0 spiro atoms. The second-order valence-electron chi connectivity index (χ2n) is 11.3. The lowest BCUT2D eigenvalue weighted by molar-refractivity contribution is 0.194. The highest BCUT2D eigenvalue weighted by molar-refractivity contribution is 5.63. The molecule has 3 aromatic rings. The molecule has 1 aromatic heterocycles. The second-order valence-corrected chi connectivity index (χ2v) is 11.3. The first kappa shape index (κ1) is 27.8. The van der Waals surface area contributed by atoms with Crippen LogP contribution in [0.3, 0.4) is 0 Å². The molecule has 0 aliphatic rings. The summed E-state index contributed by atoms with van der Waals surface area (Å²) in [5.74, 6) is 1.75. The number of ether oxygens (including phenoxy) is 2. The Hall–Kier alpha value is -2.83. The maximum Gasteiger partial charge on any atom is 0.226 e. The molecule has 196 valence electrons. The minimum absolute atomic E-state index is 0.209. The molecular formula is C30H42N2O4. The van der Waals surface area contributed by atoms with Gasteiger partial charge in [0.25, 0.3) is 0 Å². The number of phenolic OH excluding ortho intramolecular Hbond substituents is 1. The summed E-state index contributed by atoms with van der Waals surface area (Å²) in [6.45, 7) is 15.7. The first-order valence-corrected chi connectivity index (χ1v) is 12.7. The highest BCUT2D eigenvalue weighted by atomic mass is 16.5. The monoisotopic (exact) mass is 494 g/mol. The minimum atomic E-state index is -0.209. The van der Waals surface area contributed by atoms with Crippen molar-refractivity contribution in [3.8, 4) is 23.0 Å². The smallest absolute Gasteiger partial charge is 0.226 e. The normalized spacial score (nSPS) is 12.2. The summed E-state index contributed by atoms with van der Waals surface area (Å²) in [5.41, 5.74) is 4.30. The second kappa shape index (κ2) is 11.9. The first-order chi connectivity index (χ1) is 17.0. The molecule has 6 nitrogen and oxygen atoms in total. The number of rotatable bonds is 11. The van der Waals surface area contributed by atoms with Crippen molar-refractivity contribution in [3.63, 3.8) is 0 Å². The van der Waals surface area contributed by atoms with Gasteiger partial charge < -0.3 is 24.3 Å². The molecule has 0 atom stereocenters. The van der Waals surface area contributed by atoms with Crippen LogP contribution in [0.1, 0.15) is 70.3 Å². The Morgan fingerprint density at radius 1 is 0.944 bits per heavy atom. The van der Waals surface area contributed by atoms with Gasteiger partial charge in [0.05, 0.1) is 12.3 Å². The van der Waals surface area contributed by atoms with Crippen molar-refractivity contribution >= 4 is 0 Å². The van der Waals surface area contributed by atoms with Crippen LogP contribution in [-0.2, 0) is 28.5 Å². The standard InChI is InChI=1S/C30H42N2O4/c1-29(2,3)25-17-22(18-26(27(25)33)30(4,5)6)28-32-23(20-36-28)13-16-35-24-11-9-21(10-12-24)19-31-14-8-15-34-7/h9-12,17-18,20,31,33H,8,13-16,19H2,1-7H3. The van der Waals surface area contributed by atoms with Crippen LogP contribution in [0.25, 0.3) is 11.5 Å². The van der Waals surface area contributed by atoms with E-state index in [4.69, 9.17) is 18.9 Å². The summed E-state index contributed by atoms with van der Waals surface area (Å²) < 4.78 is 16.8. The molecular weight excluding hydrogens is 452 g/mol. The fourth-order valence-corrected chi connectivity index (χ4v) is 4.01. The van der Waals surface area contributed by atoms with Crippen LogP contribution in [0.2, 0.25) is 0 Å². The molecule has 0 fully saturated rings. The van der Waals surface area contributed by atoms with Crippen molar-refractivity contribution in [3.05, 3.63) is 65.0 Å². The number of aromatic hydroxyl groups is 1. The van der Waals surface area contributed by atoms with Crippen molar-refractivity contribution in [2.24, 2.45) is 0 Å². The van der Waals surface area contributed by atoms with E-state index in [9.17, 15) is 5.11 Å². The lowest BCUT2D eigenvalue weighted by Crippen LogP contribution is -2.17. The first-order valence-electron chi connectivity index (χ1n) is 12.7. The molecule has 0 bridgehead atoms. The molecule has 0 saturated heterocycles. The number of hydrogen-bond acceptors (Lipinski definition) is 6. The largest absolute Gasteiger partial charge is 0.507 e. The van der Waals surface area contributed by atoms with Gasteiger partial charge in [-0.25, -0.2) is 4.98 Å². The number of phenols is 1. The van der Waals surface area contributed by atoms with Crippen molar-refractivity contribution in [1.29, 1.82) is 0 Å². The summed E-state index contributed by atoms with van der Waals surface area (Å²) >= 11 is 0. The van der Waals surface area contributed by atoms with Crippen LogP contribution in [0.15, 0.2) is 47.1 Å². The lowest BCUT2D eigenvalue weighted by atomic mass is 9.78. The van der Waals surface area contributed by atoms with E-state index in [1.807, 2.05) is 24.3 Å². The van der Waals surface area contributed by atoms with Gasteiger partial charge in [0.15, 0.2) is 0 Å². The van der Waals surface area contributed by atoms with Crippen LogP contribution >= 0.6 is 0 Å². The average molecular weight is 495 g/mol. The fourth-order valence-electron chi connectivity index (χ4n) is 4.01. The van der Waals surface area contributed by atoms with Crippen molar-refractivity contribution in [2.45, 2.75) is 71.8 Å². The molecule has 0 aliphatic heterocycles. The number of nitrogens with one attached hydrogen (secondary N) is 1. The van der Waals surface area contributed by atoms with Crippen molar-refractivity contribution in [2.75, 3.05) is 26.9 Å². The highest BCUT2D eigenvalue weighted by Gasteiger charge is 2.27. The van der Waals surface area contributed by atoms with Crippen LogP contribution in [0.4, 0.5) is 0 Å². The Bertz CT molecular complexity index is 1070. The summed E-state index contributed by atoms with van der Waals surface area (Å²) in [6, 6.07) is 12.1. The molecule has 3 rings (SSSR count). The van der Waals surface area contributed by atoms with Crippen molar-refractivity contribution in [1.82, 2.24) is 10.3 Å². The van der Waals surface area contributed by atoms with Crippen LogP contribution < -0.4 is 10.1 Å². The maximum atomic E-state index is 11.0. The molecule has 2 N–H and O–H groups in total. The van der Waals surface area contributed by atoms with Gasteiger partial charge in [0.2, 0.25) is 5.89 Å². The van der Waals surface area contributed by atoms with Crippen LogP contribution in [0.5, 0.6) is 11.5 Å². The van der Waals surface area contributed by atoms with Gasteiger partial charge in [-0.15, -0.1) is 0 Å². The van der Waals surface area contributed by atoms with Gasteiger partial charge in [-0.2, -0.15) is 0 Å². The Kier molecular flexibility index (Phi) is 9.20. The maximum absolute atomic E-state index is 11.0. The third-order valence-electron chi connectivity index (χ3n) is 6.11. The van der Waals surface area contributed by atoms with E-state index in [-0.39, 0.29) is 10.8 Å². The van der Waals surface area contributed by atoms with Crippen LogP contribution in [-0.4, -0.2) is 37.0 Å². The third kappa shape index (κ3) is 7.58. The van der Waals surface area contributed by atoms with E-state index in [1.165, 1.54) is 5.56 Å². The van der Waals surface area contributed by atoms with Gasteiger partial charge >= 0.3 is 0 Å². The molecule has 0 radical (unpaired) electrons. The molecule has 0 amide bonds. The zero-order valence-electron chi connectivity index (χ0n) is 22.9. The lowest BCUT2D eigenvalue weighted by Gasteiger charge is -2.27. The van der Waals surface area contributed by atoms with E-state index < -0.39 is 0 Å². The van der Waals surface area contributed by atoms with Gasteiger partial charge in [0, 0.05) is 43.4 Å². The van der Waals surface area contributed by atoms with E-state index in [2.05, 4.69) is 59.0 Å². The Morgan fingerprint density at radius 2 is 1.58 bits per heavy atom. The number of hydrogen-bond donors (Lipinski definition) is 2. The number of methoxy groups -OCH3 is 1. The summed E-state index contributed by atoms with van der Waals surface area (Å²) in [5, 5.41) is 14.4. The van der Waals surface area contributed by atoms with Gasteiger partial charge in [-0.1, -0.05) is 53.7 Å². The topological polar surface area (TPSA) is 76.8 Å². The van der Waals surface area contributed by atoms with Gasteiger partial charge in [-0.05, 0) is 53.6 Å². The summed E-state index contributed by atoms with van der Waals surface area (Å²) in [6.07, 6.45) is 3.34. The molecule has 2 aromatic carbocycles. The van der Waals surface area contributed by atoms with E-state index in [1.54, 1.807) is 13.4 Å². The Balaban J connectivity index is 1.61. The molecule has 0 unspecified atom stereocenters.